The monoisotopic (exact) mass is 228 g/mol. The zero-order valence-corrected chi connectivity index (χ0v) is 9.90. The molecule has 0 aliphatic heterocycles. The summed E-state index contributed by atoms with van der Waals surface area (Å²) in [4.78, 5) is 0. The average molecular weight is 229 g/mol. The van der Waals surface area contributed by atoms with Gasteiger partial charge >= 0.3 is 0 Å². The summed E-state index contributed by atoms with van der Waals surface area (Å²) in [5, 5.41) is 0. The van der Waals surface area contributed by atoms with E-state index in [0.717, 1.165) is 10.1 Å². The highest BCUT2D eigenvalue weighted by atomic mass is 79.9. The Labute approximate surface area is 84.2 Å². The minimum absolute atomic E-state index is 0.535. The molecule has 0 aromatic heterocycles. The molecule has 0 aliphatic rings. The Morgan fingerprint density at radius 2 is 1.92 bits per heavy atom. The highest BCUT2D eigenvalue weighted by Gasteiger charge is 2.05. The van der Waals surface area contributed by atoms with Crippen LogP contribution >= 0.6 is 15.9 Å². The van der Waals surface area contributed by atoms with E-state index in [-0.39, 0.29) is 0 Å². The molecule has 0 rings (SSSR count). The molecular formula is C11H17Br. The van der Waals surface area contributed by atoms with Crippen LogP contribution in [0.2, 0.25) is 0 Å². The molecule has 0 aromatic carbocycles. The van der Waals surface area contributed by atoms with Gasteiger partial charge in [-0.3, -0.25) is 0 Å². The maximum absolute atomic E-state index is 3.90. The molecule has 0 radical (unpaired) electrons. The molecule has 0 fully saturated rings. The van der Waals surface area contributed by atoms with Crippen LogP contribution in [0.5, 0.6) is 0 Å². The summed E-state index contributed by atoms with van der Waals surface area (Å²) in [5.41, 5.74) is 2.39. The standard InChI is InChI=1S/C11H17Br/c1-6-7-10(8(2)3)11(12)9(4)5/h6-8H,4H2,1-3,5H3/b7-6-,11-10-. The first-order valence-electron chi connectivity index (χ1n) is 4.19. The fourth-order valence-corrected chi connectivity index (χ4v) is 1.54. The van der Waals surface area contributed by atoms with Gasteiger partial charge in [-0.25, -0.2) is 0 Å². The van der Waals surface area contributed by atoms with Gasteiger partial charge in [0, 0.05) is 4.48 Å². The fourth-order valence-electron chi connectivity index (χ4n) is 0.945. The number of hydrogen-bond acceptors (Lipinski definition) is 0. The molecule has 0 bridgehead atoms. The van der Waals surface area contributed by atoms with Gasteiger partial charge in [0.1, 0.15) is 0 Å². The first-order chi connectivity index (χ1) is 5.50. The Morgan fingerprint density at radius 3 is 2.17 bits per heavy atom. The van der Waals surface area contributed by atoms with E-state index in [1.54, 1.807) is 0 Å². The summed E-state index contributed by atoms with van der Waals surface area (Å²) in [5.74, 6) is 0.535. The molecule has 0 saturated carbocycles. The zero-order valence-electron chi connectivity index (χ0n) is 8.32. The molecule has 0 atom stereocenters. The van der Waals surface area contributed by atoms with Gasteiger partial charge in [0.15, 0.2) is 0 Å². The van der Waals surface area contributed by atoms with Crippen molar-refractivity contribution in [3.05, 3.63) is 34.4 Å². The molecule has 0 aromatic rings. The van der Waals surface area contributed by atoms with Crippen molar-refractivity contribution in [3.8, 4) is 0 Å². The SMILES string of the molecule is C=C(C)/C(Br)=C(\C=C/C)C(C)C. The predicted molar refractivity (Wildman–Crippen MR) is 60.4 cm³/mol. The Hall–Kier alpha value is -0.300. The largest absolute Gasteiger partial charge is 0.0950 e. The minimum atomic E-state index is 0.535. The molecule has 0 nitrogen and oxygen atoms in total. The van der Waals surface area contributed by atoms with Crippen LogP contribution in [0, 0.1) is 5.92 Å². The van der Waals surface area contributed by atoms with Crippen molar-refractivity contribution in [2.24, 2.45) is 5.92 Å². The molecule has 0 amide bonds. The van der Waals surface area contributed by atoms with E-state index in [0.29, 0.717) is 5.92 Å². The van der Waals surface area contributed by atoms with Crippen molar-refractivity contribution >= 4 is 15.9 Å². The smallest absolute Gasteiger partial charge is 0.0233 e. The molecule has 68 valence electrons. The molecule has 0 aliphatic carbocycles. The number of halogens is 1. The van der Waals surface area contributed by atoms with E-state index < -0.39 is 0 Å². The van der Waals surface area contributed by atoms with E-state index in [2.05, 4.69) is 48.5 Å². The van der Waals surface area contributed by atoms with Crippen LogP contribution in [0.1, 0.15) is 27.7 Å². The molecule has 0 saturated heterocycles. The third-order valence-corrected chi connectivity index (χ3v) is 2.73. The van der Waals surface area contributed by atoms with E-state index in [1.807, 2.05) is 13.8 Å². The van der Waals surface area contributed by atoms with E-state index in [9.17, 15) is 0 Å². The number of hydrogen-bond donors (Lipinski definition) is 0. The summed E-state index contributed by atoms with van der Waals surface area (Å²) >= 11 is 3.54. The van der Waals surface area contributed by atoms with Crippen LogP contribution < -0.4 is 0 Å². The summed E-state index contributed by atoms with van der Waals surface area (Å²) in [6.45, 7) is 12.3. The van der Waals surface area contributed by atoms with Crippen molar-refractivity contribution in [1.29, 1.82) is 0 Å². The molecular weight excluding hydrogens is 212 g/mol. The van der Waals surface area contributed by atoms with Gasteiger partial charge in [-0.2, -0.15) is 0 Å². The Bertz CT molecular complexity index is 219. The van der Waals surface area contributed by atoms with Crippen LogP contribution in [0.3, 0.4) is 0 Å². The first-order valence-corrected chi connectivity index (χ1v) is 4.98. The quantitative estimate of drug-likeness (QED) is 0.627. The van der Waals surface area contributed by atoms with Crippen LogP contribution in [-0.2, 0) is 0 Å². The number of rotatable bonds is 3. The lowest BCUT2D eigenvalue weighted by Gasteiger charge is -2.10. The van der Waals surface area contributed by atoms with Crippen molar-refractivity contribution in [2.75, 3.05) is 0 Å². The van der Waals surface area contributed by atoms with Crippen LogP contribution in [-0.4, -0.2) is 0 Å². The zero-order chi connectivity index (χ0) is 9.72. The van der Waals surface area contributed by atoms with Gasteiger partial charge in [-0.15, -0.1) is 0 Å². The summed E-state index contributed by atoms with van der Waals surface area (Å²) in [6, 6.07) is 0. The molecule has 0 heterocycles. The van der Waals surface area contributed by atoms with Gasteiger partial charge in [0.2, 0.25) is 0 Å². The highest BCUT2D eigenvalue weighted by Crippen LogP contribution is 2.25. The van der Waals surface area contributed by atoms with Crippen LogP contribution in [0.4, 0.5) is 0 Å². The maximum Gasteiger partial charge on any atom is 0.0233 e. The summed E-state index contributed by atoms with van der Waals surface area (Å²) in [6.07, 6.45) is 4.18. The predicted octanol–water partition coefficient (Wildman–Crippen LogP) is 4.44. The molecule has 0 spiro atoms. The van der Waals surface area contributed by atoms with Crippen molar-refractivity contribution < 1.29 is 0 Å². The average Bonchev–Trinajstić information content (AvgIpc) is 1.98. The lowest BCUT2D eigenvalue weighted by Crippen LogP contribution is -1.93. The third-order valence-electron chi connectivity index (χ3n) is 1.60. The van der Waals surface area contributed by atoms with E-state index in [4.69, 9.17) is 0 Å². The topological polar surface area (TPSA) is 0 Å². The minimum Gasteiger partial charge on any atom is -0.0950 e. The Kier molecular flexibility index (Phi) is 5.23. The van der Waals surface area contributed by atoms with Gasteiger partial charge in [-0.05, 0) is 30.9 Å². The van der Waals surface area contributed by atoms with Crippen molar-refractivity contribution in [1.82, 2.24) is 0 Å². The third kappa shape index (κ3) is 3.40. The second kappa shape index (κ2) is 5.36. The number of allylic oxidation sites excluding steroid dienone is 5. The van der Waals surface area contributed by atoms with Gasteiger partial charge in [0.25, 0.3) is 0 Å². The lowest BCUT2D eigenvalue weighted by atomic mass is 10.0. The first kappa shape index (κ1) is 11.7. The van der Waals surface area contributed by atoms with Crippen LogP contribution in [0.15, 0.2) is 34.4 Å². The van der Waals surface area contributed by atoms with E-state index in [1.165, 1.54) is 5.57 Å². The molecule has 0 N–H and O–H groups in total. The Balaban J connectivity index is 4.93. The van der Waals surface area contributed by atoms with Gasteiger partial charge < -0.3 is 0 Å². The van der Waals surface area contributed by atoms with Crippen LogP contribution in [0.25, 0.3) is 0 Å². The highest BCUT2D eigenvalue weighted by molar-refractivity contribution is 9.12. The summed E-state index contributed by atoms with van der Waals surface area (Å²) < 4.78 is 1.13. The molecule has 1 heteroatoms. The lowest BCUT2D eigenvalue weighted by molar-refractivity contribution is 0.788. The van der Waals surface area contributed by atoms with Crippen molar-refractivity contribution in [3.63, 3.8) is 0 Å². The van der Waals surface area contributed by atoms with Crippen molar-refractivity contribution in [2.45, 2.75) is 27.7 Å². The Morgan fingerprint density at radius 1 is 1.42 bits per heavy atom. The molecule has 12 heavy (non-hydrogen) atoms. The fraction of sp³-hybridized carbons (Fsp3) is 0.455. The second-order valence-electron chi connectivity index (χ2n) is 3.20. The van der Waals surface area contributed by atoms with E-state index >= 15 is 0 Å². The van der Waals surface area contributed by atoms with Gasteiger partial charge in [0.05, 0.1) is 0 Å². The second-order valence-corrected chi connectivity index (χ2v) is 4.00. The normalized spacial score (nSPS) is 13.8. The maximum atomic E-state index is 3.90. The summed E-state index contributed by atoms with van der Waals surface area (Å²) in [7, 11) is 0. The molecule has 0 unspecified atom stereocenters. The van der Waals surface area contributed by atoms with Gasteiger partial charge in [-0.1, -0.05) is 48.5 Å².